The van der Waals surface area contributed by atoms with E-state index in [4.69, 9.17) is 11.6 Å². The van der Waals surface area contributed by atoms with Gasteiger partial charge < -0.3 is 5.32 Å². The third-order valence-corrected chi connectivity index (χ3v) is 6.85. The molecule has 164 valence electrons. The van der Waals surface area contributed by atoms with Crippen molar-refractivity contribution in [2.45, 2.75) is 17.7 Å². The van der Waals surface area contributed by atoms with E-state index < -0.39 is 27.7 Å². The molecule has 0 unspecified atom stereocenters. The van der Waals surface area contributed by atoms with Crippen molar-refractivity contribution >= 4 is 39.7 Å². The minimum absolute atomic E-state index is 0.0254. The van der Waals surface area contributed by atoms with Gasteiger partial charge in [-0.25, -0.2) is 18.2 Å². The summed E-state index contributed by atoms with van der Waals surface area (Å²) in [4.78, 5) is 24.1. The third kappa shape index (κ3) is 5.66. The standard InChI is InChI=1S/C20H20ClFN4O4S/c21-17-4-3-5-18(22)16(17)12-24-25-19(27)13-23-20(28)14-6-8-15(9-7-14)31(29,30)26-10-1-2-11-26/h3-9,12H,1-2,10-11,13H2,(H,23,28)(H,25,27). The van der Waals surface area contributed by atoms with Crippen molar-refractivity contribution in [3.63, 3.8) is 0 Å². The van der Waals surface area contributed by atoms with Crippen LogP contribution in [0.1, 0.15) is 28.8 Å². The molecule has 0 radical (unpaired) electrons. The highest BCUT2D eigenvalue weighted by molar-refractivity contribution is 7.89. The molecule has 8 nitrogen and oxygen atoms in total. The third-order valence-electron chi connectivity index (χ3n) is 4.61. The molecule has 0 bridgehead atoms. The molecule has 1 aliphatic heterocycles. The van der Waals surface area contributed by atoms with Gasteiger partial charge in [-0.2, -0.15) is 9.41 Å². The van der Waals surface area contributed by atoms with Gasteiger partial charge in [0.25, 0.3) is 11.8 Å². The maximum Gasteiger partial charge on any atom is 0.259 e. The Morgan fingerprint density at radius 2 is 1.81 bits per heavy atom. The van der Waals surface area contributed by atoms with Crippen LogP contribution in [0, 0.1) is 5.82 Å². The Kier molecular flexibility index (Phi) is 7.37. The van der Waals surface area contributed by atoms with Gasteiger partial charge in [0.05, 0.1) is 22.7 Å². The second-order valence-electron chi connectivity index (χ2n) is 6.75. The number of benzene rings is 2. The molecule has 2 aromatic rings. The number of hydrogen-bond acceptors (Lipinski definition) is 5. The van der Waals surface area contributed by atoms with Gasteiger partial charge in [-0.1, -0.05) is 17.7 Å². The minimum atomic E-state index is -3.56. The van der Waals surface area contributed by atoms with Crippen LogP contribution in [-0.2, 0) is 14.8 Å². The summed E-state index contributed by atoms with van der Waals surface area (Å²) in [7, 11) is -3.56. The molecular formula is C20H20ClFN4O4S. The van der Waals surface area contributed by atoms with Gasteiger partial charge in [-0.3, -0.25) is 9.59 Å². The first-order valence-electron chi connectivity index (χ1n) is 9.43. The van der Waals surface area contributed by atoms with Crippen molar-refractivity contribution in [3.8, 4) is 0 Å². The minimum Gasteiger partial charge on any atom is -0.343 e. The number of amides is 2. The molecule has 3 rings (SSSR count). The van der Waals surface area contributed by atoms with Crippen LogP contribution in [0.3, 0.4) is 0 Å². The second kappa shape index (κ2) is 9.99. The fourth-order valence-electron chi connectivity index (χ4n) is 2.96. The van der Waals surface area contributed by atoms with E-state index in [2.05, 4.69) is 15.8 Å². The van der Waals surface area contributed by atoms with E-state index in [1.165, 1.54) is 46.8 Å². The highest BCUT2D eigenvalue weighted by atomic mass is 35.5. The molecule has 31 heavy (non-hydrogen) atoms. The number of carbonyl (C=O) groups is 2. The fraction of sp³-hybridized carbons (Fsp3) is 0.250. The van der Waals surface area contributed by atoms with E-state index in [9.17, 15) is 22.4 Å². The quantitative estimate of drug-likeness (QED) is 0.481. The first kappa shape index (κ1) is 22.9. The molecule has 0 atom stereocenters. The van der Waals surface area contributed by atoms with E-state index in [-0.39, 0.29) is 27.6 Å². The van der Waals surface area contributed by atoms with E-state index in [0.717, 1.165) is 19.1 Å². The Morgan fingerprint density at radius 3 is 2.45 bits per heavy atom. The number of sulfonamides is 1. The largest absolute Gasteiger partial charge is 0.343 e. The van der Waals surface area contributed by atoms with Crippen LogP contribution in [0.5, 0.6) is 0 Å². The number of rotatable bonds is 7. The number of carbonyl (C=O) groups excluding carboxylic acids is 2. The lowest BCUT2D eigenvalue weighted by Crippen LogP contribution is -2.35. The highest BCUT2D eigenvalue weighted by Crippen LogP contribution is 2.21. The SMILES string of the molecule is O=C(CNC(=O)c1ccc(S(=O)(=O)N2CCCC2)cc1)NN=Cc1c(F)cccc1Cl. The molecule has 0 aliphatic carbocycles. The molecular weight excluding hydrogens is 447 g/mol. The molecule has 0 spiro atoms. The number of nitrogens with one attached hydrogen (secondary N) is 2. The van der Waals surface area contributed by atoms with E-state index in [0.29, 0.717) is 13.1 Å². The Bertz CT molecular complexity index is 1080. The Labute approximate surface area is 184 Å². The summed E-state index contributed by atoms with van der Waals surface area (Å²) in [5.74, 6) is -1.78. The zero-order valence-corrected chi connectivity index (χ0v) is 17.9. The first-order valence-corrected chi connectivity index (χ1v) is 11.2. The number of hydrogen-bond donors (Lipinski definition) is 2. The highest BCUT2D eigenvalue weighted by Gasteiger charge is 2.27. The molecule has 2 amide bonds. The van der Waals surface area contributed by atoms with Gasteiger partial charge in [0.2, 0.25) is 10.0 Å². The Balaban J connectivity index is 1.52. The number of nitrogens with zero attached hydrogens (tertiary/aromatic N) is 2. The molecule has 11 heteroatoms. The van der Waals surface area contributed by atoms with Crippen molar-refractivity contribution < 1.29 is 22.4 Å². The predicted molar refractivity (Wildman–Crippen MR) is 114 cm³/mol. The zero-order chi connectivity index (χ0) is 22.4. The van der Waals surface area contributed by atoms with Crippen LogP contribution in [0.2, 0.25) is 5.02 Å². The summed E-state index contributed by atoms with van der Waals surface area (Å²) in [5, 5.41) is 6.16. The average Bonchev–Trinajstić information content (AvgIpc) is 3.30. The van der Waals surface area contributed by atoms with Gasteiger partial charge in [0, 0.05) is 24.2 Å². The summed E-state index contributed by atoms with van der Waals surface area (Å²) in [6, 6.07) is 9.63. The molecule has 0 aromatic heterocycles. The van der Waals surface area contributed by atoms with Crippen LogP contribution in [0.4, 0.5) is 4.39 Å². The van der Waals surface area contributed by atoms with Crippen molar-refractivity contribution in [2.75, 3.05) is 19.6 Å². The molecule has 1 heterocycles. The lowest BCUT2D eigenvalue weighted by atomic mass is 10.2. The lowest BCUT2D eigenvalue weighted by molar-refractivity contribution is -0.120. The maximum atomic E-state index is 13.6. The van der Waals surface area contributed by atoms with Gasteiger partial charge in [-0.05, 0) is 49.2 Å². The molecule has 1 fully saturated rings. The topological polar surface area (TPSA) is 108 Å². The lowest BCUT2D eigenvalue weighted by Gasteiger charge is -2.15. The zero-order valence-electron chi connectivity index (χ0n) is 16.3. The van der Waals surface area contributed by atoms with Crippen LogP contribution < -0.4 is 10.7 Å². The van der Waals surface area contributed by atoms with Crippen LogP contribution in [0.15, 0.2) is 52.5 Å². The first-order chi connectivity index (χ1) is 14.8. The molecule has 1 saturated heterocycles. The van der Waals surface area contributed by atoms with Crippen LogP contribution in [0.25, 0.3) is 0 Å². The average molecular weight is 467 g/mol. The summed E-state index contributed by atoms with van der Waals surface area (Å²) in [6.45, 7) is 0.603. The Morgan fingerprint density at radius 1 is 1.13 bits per heavy atom. The van der Waals surface area contributed by atoms with E-state index in [1.807, 2.05) is 0 Å². The second-order valence-corrected chi connectivity index (χ2v) is 9.09. The molecule has 1 aliphatic rings. The van der Waals surface area contributed by atoms with Gasteiger partial charge in [-0.15, -0.1) is 0 Å². The van der Waals surface area contributed by atoms with Gasteiger partial charge in [0.1, 0.15) is 5.82 Å². The summed E-state index contributed by atoms with van der Waals surface area (Å²) in [6.07, 6.45) is 2.73. The summed E-state index contributed by atoms with van der Waals surface area (Å²) < 4.78 is 40.0. The van der Waals surface area contributed by atoms with Crippen molar-refractivity contribution in [3.05, 3.63) is 64.4 Å². The predicted octanol–water partition coefficient (Wildman–Crippen LogP) is 2.14. The fourth-order valence-corrected chi connectivity index (χ4v) is 4.69. The van der Waals surface area contributed by atoms with Gasteiger partial charge in [0.15, 0.2) is 0 Å². The molecule has 2 N–H and O–H groups in total. The van der Waals surface area contributed by atoms with Crippen molar-refractivity contribution in [2.24, 2.45) is 5.10 Å². The van der Waals surface area contributed by atoms with Crippen LogP contribution >= 0.6 is 11.6 Å². The van der Waals surface area contributed by atoms with Gasteiger partial charge >= 0.3 is 0 Å². The molecule has 0 saturated carbocycles. The Hall–Kier alpha value is -2.82. The monoisotopic (exact) mass is 466 g/mol. The van der Waals surface area contributed by atoms with Crippen molar-refractivity contribution in [1.29, 1.82) is 0 Å². The molecule has 2 aromatic carbocycles. The van der Waals surface area contributed by atoms with Crippen LogP contribution in [-0.4, -0.2) is 50.4 Å². The summed E-state index contributed by atoms with van der Waals surface area (Å²) in [5.41, 5.74) is 2.39. The smallest absolute Gasteiger partial charge is 0.259 e. The van der Waals surface area contributed by atoms with E-state index >= 15 is 0 Å². The van der Waals surface area contributed by atoms with E-state index in [1.54, 1.807) is 0 Å². The number of hydrazone groups is 1. The maximum absolute atomic E-state index is 13.6. The number of halogens is 2. The normalized spacial score (nSPS) is 14.6. The summed E-state index contributed by atoms with van der Waals surface area (Å²) >= 11 is 5.85. The van der Waals surface area contributed by atoms with Crippen molar-refractivity contribution in [1.82, 2.24) is 15.0 Å².